The molecule has 2 heterocycles. The molecule has 0 saturated heterocycles. The van der Waals surface area contributed by atoms with Crippen molar-refractivity contribution in [2.24, 2.45) is 0 Å². The van der Waals surface area contributed by atoms with Crippen LogP contribution in [0.4, 0.5) is 5.69 Å². The van der Waals surface area contributed by atoms with E-state index in [0.29, 0.717) is 23.5 Å². The largest absolute Gasteiger partial charge is 0.479 e. The fraction of sp³-hybridized carbons (Fsp3) is 0.353. The highest BCUT2D eigenvalue weighted by molar-refractivity contribution is 7.90. The van der Waals surface area contributed by atoms with Crippen LogP contribution in [-0.2, 0) is 21.4 Å². The summed E-state index contributed by atoms with van der Waals surface area (Å²) in [5.74, 6) is -0.836. The van der Waals surface area contributed by atoms with Gasteiger partial charge in [0, 0.05) is 18.8 Å². The quantitative estimate of drug-likeness (QED) is 0.811. The van der Waals surface area contributed by atoms with E-state index in [1.165, 1.54) is 18.3 Å². The van der Waals surface area contributed by atoms with Crippen molar-refractivity contribution in [1.82, 2.24) is 14.5 Å². The highest BCUT2D eigenvalue weighted by Gasteiger charge is 2.28. The van der Waals surface area contributed by atoms with Crippen molar-refractivity contribution in [3.05, 3.63) is 35.2 Å². The summed E-state index contributed by atoms with van der Waals surface area (Å²) in [6.07, 6.45) is 0.758. The Kier molecular flexibility index (Phi) is 4.68. The van der Waals surface area contributed by atoms with Gasteiger partial charge in [0.25, 0.3) is 21.8 Å². The summed E-state index contributed by atoms with van der Waals surface area (Å²) in [6, 6.07) is 2.80. The first-order chi connectivity index (χ1) is 12.6. The van der Waals surface area contributed by atoms with Crippen molar-refractivity contribution in [2.45, 2.75) is 45.2 Å². The van der Waals surface area contributed by atoms with Crippen LogP contribution in [-0.4, -0.2) is 36.1 Å². The van der Waals surface area contributed by atoms with Gasteiger partial charge in [-0.1, -0.05) is 0 Å². The van der Waals surface area contributed by atoms with E-state index in [1.54, 1.807) is 25.5 Å². The van der Waals surface area contributed by atoms with Gasteiger partial charge >= 0.3 is 0 Å². The molecule has 2 N–H and O–H groups in total. The zero-order valence-electron chi connectivity index (χ0n) is 15.4. The maximum atomic E-state index is 12.8. The first-order valence-corrected chi connectivity index (χ1v) is 9.84. The monoisotopic (exact) mass is 392 g/mol. The number of aromatic nitrogens is 2. The van der Waals surface area contributed by atoms with Crippen LogP contribution in [0.5, 0.6) is 5.75 Å². The van der Waals surface area contributed by atoms with Crippen molar-refractivity contribution >= 4 is 27.5 Å². The average molecular weight is 392 g/mol. The van der Waals surface area contributed by atoms with E-state index in [4.69, 9.17) is 4.74 Å². The van der Waals surface area contributed by atoms with E-state index in [0.717, 1.165) is 0 Å². The molecular weight excluding hydrogens is 372 g/mol. The lowest BCUT2D eigenvalue weighted by molar-refractivity contribution is -0.122. The number of rotatable bonds is 4. The minimum absolute atomic E-state index is 0.0986. The van der Waals surface area contributed by atoms with E-state index in [2.05, 4.69) is 15.1 Å². The van der Waals surface area contributed by atoms with E-state index in [-0.39, 0.29) is 22.1 Å². The Morgan fingerprint density at radius 2 is 2.07 bits per heavy atom. The summed E-state index contributed by atoms with van der Waals surface area (Å²) in [7, 11) is -4.15. The van der Waals surface area contributed by atoms with Crippen LogP contribution in [0.25, 0.3) is 0 Å². The standard InChI is InChI=1S/C17H20N4O5S/c1-5-21-8-12(10(3)19-21)17(23)20-27(24,25)15-7-14-13(6-9(15)2)18-16(22)11(4)26-14/h6-8,11H,5H2,1-4H3,(H,18,22)(H,20,23)/t11-/m1/s1. The molecule has 10 heteroatoms. The number of ether oxygens (including phenoxy) is 1. The van der Waals surface area contributed by atoms with Gasteiger partial charge in [-0.15, -0.1) is 0 Å². The highest BCUT2D eigenvalue weighted by Crippen LogP contribution is 2.34. The Bertz CT molecular complexity index is 1040. The summed E-state index contributed by atoms with van der Waals surface area (Å²) >= 11 is 0. The molecule has 0 unspecified atom stereocenters. The molecule has 2 amide bonds. The predicted octanol–water partition coefficient (Wildman–Crippen LogP) is 1.36. The summed E-state index contributed by atoms with van der Waals surface area (Å²) in [5, 5.41) is 6.80. The Labute approximate surface area is 156 Å². The maximum absolute atomic E-state index is 12.8. The minimum Gasteiger partial charge on any atom is -0.479 e. The fourth-order valence-electron chi connectivity index (χ4n) is 2.77. The molecule has 0 fully saturated rings. The molecular formula is C17H20N4O5S. The highest BCUT2D eigenvalue weighted by atomic mass is 32.2. The fourth-order valence-corrected chi connectivity index (χ4v) is 3.98. The van der Waals surface area contributed by atoms with Gasteiger partial charge < -0.3 is 10.1 Å². The number of amides is 2. The Hall–Kier alpha value is -2.88. The second-order valence-electron chi connectivity index (χ2n) is 6.28. The number of nitrogens with zero attached hydrogens (tertiary/aromatic N) is 2. The molecule has 1 aliphatic heterocycles. The van der Waals surface area contributed by atoms with Crippen molar-refractivity contribution < 1.29 is 22.7 Å². The predicted molar refractivity (Wildman–Crippen MR) is 97.2 cm³/mol. The number of aryl methyl sites for hydroxylation is 3. The molecule has 0 saturated carbocycles. The van der Waals surface area contributed by atoms with E-state index in [9.17, 15) is 18.0 Å². The molecule has 1 aromatic heterocycles. The Morgan fingerprint density at radius 1 is 1.37 bits per heavy atom. The lowest BCUT2D eigenvalue weighted by Crippen LogP contribution is -2.35. The Balaban J connectivity index is 1.93. The van der Waals surface area contributed by atoms with Crippen LogP contribution in [0, 0.1) is 13.8 Å². The molecule has 0 bridgehead atoms. The molecule has 1 atom stereocenters. The van der Waals surface area contributed by atoms with E-state index >= 15 is 0 Å². The third-order valence-electron chi connectivity index (χ3n) is 4.24. The molecule has 9 nitrogen and oxygen atoms in total. The molecule has 1 aliphatic rings. The number of carbonyl (C=O) groups excluding carboxylic acids is 2. The third kappa shape index (κ3) is 3.52. The lowest BCUT2D eigenvalue weighted by atomic mass is 10.1. The number of anilines is 1. The van der Waals surface area contributed by atoms with Gasteiger partial charge in [-0.2, -0.15) is 5.10 Å². The molecule has 0 radical (unpaired) electrons. The van der Waals surface area contributed by atoms with Crippen molar-refractivity contribution in [1.29, 1.82) is 0 Å². The molecule has 144 valence electrons. The molecule has 0 spiro atoms. The summed E-state index contributed by atoms with van der Waals surface area (Å²) in [4.78, 5) is 24.0. The van der Waals surface area contributed by atoms with Gasteiger partial charge in [0.2, 0.25) is 0 Å². The number of hydrogen-bond acceptors (Lipinski definition) is 6. The van der Waals surface area contributed by atoms with E-state index in [1.807, 2.05) is 6.92 Å². The topological polar surface area (TPSA) is 119 Å². The second kappa shape index (κ2) is 6.69. The molecule has 1 aromatic carbocycles. The van der Waals surface area contributed by atoms with Gasteiger partial charge in [0.05, 0.1) is 21.8 Å². The van der Waals surface area contributed by atoms with Gasteiger partial charge in [-0.25, -0.2) is 13.1 Å². The van der Waals surface area contributed by atoms with Crippen LogP contribution in [0.1, 0.15) is 35.5 Å². The van der Waals surface area contributed by atoms with Crippen LogP contribution < -0.4 is 14.8 Å². The first-order valence-electron chi connectivity index (χ1n) is 8.35. The number of hydrogen-bond donors (Lipinski definition) is 2. The minimum atomic E-state index is -4.15. The molecule has 3 rings (SSSR count). The van der Waals surface area contributed by atoms with Crippen molar-refractivity contribution in [3.63, 3.8) is 0 Å². The van der Waals surface area contributed by atoms with Crippen molar-refractivity contribution in [3.8, 4) is 5.75 Å². The smallest absolute Gasteiger partial charge is 0.268 e. The van der Waals surface area contributed by atoms with Crippen LogP contribution in [0.2, 0.25) is 0 Å². The van der Waals surface area contributed by atoms with Gasteiger partial charge in [0.1, 0.15) is 5.75 Å². The molecule has 27 heavy (non-hydrogen) atoms. The normalized spacial score (nSPS) is 16.3. The van der Waals surface area contributed by atoms with Crippen LogP contribution in [0.3, 0.4) is 0 Å². The number of nitrogens with one attached hydrogen (secondary N) is 2. The zero-order chi connectivity index (χ0) is 19.9. The summed E-state index contributed by atoms with van der Waals surface area (Å²) in [6.45, 7) is 7.19. The van der Waals surface area contributed by atoms with Crippen LogP contribution in [0.15, 0.2) is 23.2 Å². The van der Waals surface area contributed by atoms with Gasteiger partial charge in [-0.3, -0.25) is 14.3 Å². The second-order valence-corrected chi connectivity index (χ2v) is 7.93. The number of sulfonamides is 1. The SMILES string of the molecule is CCn1cc(C(=O)NS(=O)(=O)c2cc3c(cc2C)NC(=O)[C@@H](C)O3)c(C)n1. The average Bonchev–Trinajstić information content (AvgIpc) is 2.96. The number of fused-ring (bicyclic) bond motifs is 1. The first kappa shape index (κ1) is 18.9. The maximum Gasteiger partial charge on any atom is 0.268 e. The van der Waals surface area contributed by atoms with E-state index < -0.39 is 22.0 Å². The summed E-state index contributed by atoms with van der Waals surface area (Å²) < 4.78 is 34.6. The van der Waals surface area contributed by atoms with Crippen LogP contribution >= 0.6 is 0 Å². The lowest BCUT2D eigenvalue weighted by Gasteiger charge is -2.24. The van der Waals surface area contributed by atoms with Gasteiger partial charge in [0.15, 0.2) is 6.10 Å². The number of carbonyl (C=O) groups is 2. The number of benzene rings is 1. The summed E-state index contributed by atoms with van der Waals surface area (Å²) in [5.41, 5.74) is 1.38. The third-order valence-corrected chi connectivity index (χ3v) is 5.71. The van der Waals surface area contributed by atoms with Gasteiger partial charge in [-0.05, 0) is 39.3 Å². The molecule has 2 aromatic rings. The van der Waals surface area contributed by atoms with Crippen molar-refractivity contribution in [2.75, 3.05) is 5.32 Å². The zero-order valence-corrected chi connectivity index (χ0v) is 16.2. The molecule has 0 aliphatic carbocycles. The Morgan fingerprint density at radius 3 is 2.70 bits per heavy atom.